The van der Waals surface area contributed by atoms with Crippen molar-refractivity contribution < 1.29 is 27.5 Å². The fourth-order valence-electron chi connectivity index (χ4n) is 4.29. The highest BCUT2D eigenvalue weighted by atomic mass is 32.2. The number of benzene rings is 1. The Kier molecular flexibility index (Phi) is 7.80. The first-order valence-corrected chi connectivity index (χ1v) is 12.6. The van der Waals surface area contributed by atoms with Crippen LogP contribution in [0.25, 0.3) is 0 Å². The molecule has 3 rings (SSSR count). The van der Waals surface area contributed by atoms with Gasteiger partial charge >= 0.3 is 0 Å². The lowest BCUT2D eigenvalue weighted by Crippen LogP contribution is -2.36. The molecule has 172 valence electrons. The minimum absolute atomic E-state index is 0.148. The van der Waals surface area contributed by atoms with Crippen molar-refractivity contribution in [3.63, 3.8) is 0 Å². The van der Waals surface area contributed by atoms with Crippen LogP contribution in [0.4, 0.5) is 5.69 Å². The van der Waals surface area contributed by atoms with Gasteiger partial charge in [0.15, 0.2) is 21.3 Å². The summed E-state index contributed by atoms with van der Waals surface area (Å²) in [6.45, 7) is 1.33. The normalized spacial score (nSPS) is 17.4. The van der Waals surface area contributed by atoms with E-state index in [1.54, 1.807) is 17.0 Å². The van der Waals surface area contributed by atoms with Crippen molar-refractivity contribution >= 4 is 27.3 Å². The number of likely N-dealkylation sites (tertiary alicyclic amines) is 1. The molecule has 1 aliphatic heterocycles. The van der Waals surface area contributed by atoms with Crippen LogP contribution < -0.4 is 14.8 Å². The lowest BCUT2D eigenvalue weighted by atomic mass is 10.1. The molecule has 0 spiro atoms. The van der Waals surface area contributed by atoms with Gasteiger partial charge in [-0.3, -0.25) is 9.59 Å². The second-order valence-corrected chi connectivity index (χ2v) is 10.6. The summed E-state index contributed by atoms with van der Waals surface area (Å²) in [5.74, 6) is -0.0427. The predicted molar refractivity (Wildman–Crippen MR) is 119 cm³/mol. The van der Waals surface area contributed by atoms with E-state index < -0.39 is 15.7 Å². The van der Waals surface area contributed by atoms with Crippen LogP contribution in [0, 0.1) is 0 Å². The molecule has 1 aromatic carbocycles. The number of ether oxygens (including phenoxy) is 2. The number of rotatable bonds is 8. The average molecular weight is 453 g/mol. The number of nitrogens with one attached hydrogen (secondary N) is 1. The fourth-order valence-corrected chi connectivity index (χ4v) is 6.14. The van der Waals surface area contributed by atoms with Gasteiger partial charge in [-0.05, 0) is 38.2 Å². The van der Waals surface area contributed by atoms with E-state index in [2.05, 4.69) is 5.32 Å². The minimum Gasteiger partial charge on any atom is -0.493 e. The van der Waals surface area contributed by atoms with Gasteiger partial charge in [0.05, 0.1) is 36.5 Å². The van der Waals surface area contributed by atoms with Gasteiger partial charge in [-0.15, -0.1) is 0 Å². The average Bonchev–Trinajstić information content (AvgIpc) is 3.34. The fraction of sp³-hybridized carbons (Fsp3) is 0.636. The van der Waals surface area contributed by atoms with Crippen LogP contribution >= 0.6 is 0 Å². The largest absolute Gasteiger partial charge is 0.493 e. The molecule has 1 saturated heterocycles. The Balaban J connectivity index is 1.77. The first-order chi connectivity index (χ1) is 14.9. The molecule has 8 nitrogen and oxygen atoms in total. The van der Waals surface area contributed by atoms with Crippen LogP contribution in [0.15, 0.2) is 12.1 Å². The third-order valence-corrected chi connectivity index (χ3v) is 8.36. The standard InChI is InChI=1S/C22H32N2O6S/c1-29-19-14-17(22(26)24-11-6-3-7-12-24)18(15-20(19)30-2)23-21(25)10-13-31(27,28)16-8-4-5-9-16/h14-16H,3-13H2,1-2H3,(H,23,25). The molecule has 1 aromatic rings. The topological polar surface area (TPSA) is 102 Å². The summed E-state index contributed by atoms with van der Waals surface area (Å²) in [5, 5.41) is 2.40. The zero-order chi connectivity index (χ0) is 22.4. The molecule has 9 heteroatoms. The number of anilines is 1. The summed E-state index contributed by atoms with van der Waals surface area (Å²) in [6, 6.07) is 3.13. The third-order valence-electron chi connectivity index (χ3n) is 6.10. The number of amides is 2. The van der Waals surface area contributed by atoms with Gasteiger partial charge in [-0.25, -0.2) is 8.42 Å². The maximum Gasteiger partial charge on any atom is 0.256 e. The van der Waals surface area contributed by atoms with Gasteiger partial charge in [0, 0.05) is 25.6 Å². The van der Waals surface area contributed by atoms with Crippen molar-refractivity contribution in [1.29, 1.82) is 0 Å². The van der Waals surface area contributed by atoms with Gasteiger partial charge in [0.25, 0.3) is 5.91 Å². The maximum atomic E-state index is 13.1. The van der Waals surface area contributed by atoms with Crippen molar-refractivity contribution in [2.45, 2.75) is 56.6 Å². The molecule has 2 amide bonds. The monoisotopic (exact) mass is 452 g/mol. The van der Waals surface area contributed by atoms with E-state index >= 15 is 0 Å². The van der Waals surface area contributed by atoms with Gasteiger partial charge in [0.2, 0.25) is 5.91 Å². The molecule has 1 N–H and O–H groups in total. The van der Waals surface area contributed by atoms with Crippen molar-refractivity contribution in [2.75, 3.05) is 38.4 Å². The van der Waals surface area contributed by atoms with E-state index in [0.29, 0.717) is 48.7 Å². The Morgan fingerprint density at radius 2 is 1.61 bits per heavy atom. The van der Waals surface area contributed by atoms with Gasteiger partial charge in [-0.2, -0.15) is 0 Å². The lowest BCUT2D eigenvalue weighted by molar-refractivity contribution is -0.115. The molecule has 1 heterocycles. The molecule has 0 radical (unpaired) electrons. The first-order valence-electron chi connectivity index (χ1n) is 10.9. The summed E-state index contributed by atoms with van der Waals surface area (Å²) >= 11 is 0. The van der Waals surface area contributed by atoms with Crippen molar-refractivity contribution in [3.05, 3.63) is 17.7 Å². The summed E-state index contributed by atoms with van der Waals surface area (Å²) in [6.07, 6.45) is 6.02. The lowest BCUT2D eigenvalue weighted by Gasteiger charge is -2.28. The van der Waals surface area contributed by atoms with Gasteiger partial charge < -0.3 is 19.7 Å². The molecule has 1 aliphatic carbocycles. The van der Waals surface area contributed by atoms with E-state index in [9.17, 15) is 18.0 Å². The van der Waals surface area contributed by atoms with Gasteiger partial charge in [0.1, 0.15) is 0 Å². The van der Waals surface area contributed by atoms with Crippen LogP contribution in [0.2, 0.25) is 0 Å². The number of carbonyl (C=O) groups excluding carboxylic acids is 2. The van der Waals surface area contributed by atoms with Crippen LogP contribution in [-0.2, 0) is 14.6 Å². The highest BCUT2D eigenvalue weighted by Gasteiger charge is 2.29. The van der Waals surface area contributed by atoms with E-state index in [0.717, 1.165) is 32.1 Å². The van der Waals surface area contributed by atoms with Crippen LogP contribution in [0.1, 0.15) is 61.7 Å². The summed E-state index contributed by atoms with van der Waals surface area (Å²) in [4.78, 5) is 27.5. The quantitative estimate of drug-likeness (QED) is 0.651. The molecule has 2 aliphatic rings. The second-order valence-electron chi connectivity index (χ2n) is 8.18. The first kappa shape index (κ1) is 23.4. The van der Waals surface area contributed by atoms with Crippen molar-refractivity contribution in [2.24, 2.45) is 0 Å². The van der Waals surface area contributed by atoms with Crippen LogP contribution in [0.3, 0.4) is 0 Å². The van der Waals surface area contributed by atoms with Crippen LogP contribution in [0.5, 0.6) is 11.5 Å². The molecular weight excluding hydrogens is 420 g/mol. The number of sulfone groups is 1. The molecule has 31 heavy (non-hydrogen) atoms. The number of hydrogen-bond donors (Lipinski definition) is 1. The summed E-state index contributed by atoms with van der Waals surface area (Å²) in [7, 11) is -0.334. The number of hydrogen-bond acceptors (Lipinski definition) is 6. The SMILES string of the molecule is COc1cc(NC(=O)CCS(=O)(=O)C2CCCC2)c(C(=O)N2CCCCC2)cc1OC. The van der Waals surface area contributed by atoms with E-state index in [1.165, 1.54) is 14.2 Å². The summed E-state index contributed by atoms with van der Waals surface area (Å²) in [5.41, 5.74) is 0.614. The van der Waals surface area contributed by atoms with Crippen LogP contribution in [-0.4, -0.2) is 63.4 Å². The van der Waals surface area contributed by atoms with Gasteiger partial charge in [-0.1, -0.05) is 12.8 Å². The number of methoxy groups -OCH3 is 2. The molecule has 2 fully saturated rings. The molecule has 0 atom stereocenters. The highest BCUT2D eigenvalue weighted by molar-refractivity contribution is 7.92. The number of nitrogens with zero attached hydrogens (tertiary/aromatic N) is 1. The maximum absolute atomic E-state index is 13.1. The number of piperidine rings is 1. The van der Waals surface area contributed by atoms with E-state index in [4.69, 9.17) is 9.47 Å². The third kappa shape index (κ3) is 5.70. The highest BCUT2D eigenvalue weighted by Crippen LogP contribution is 2.34. The van der Waals surface area contributed by atoms with Crippen molar-refractivity contribution in [1.82, 2.24) is 4.90 Å². The Hall–Kier alpha value is -2.29. The predicted octanol–water partition coefficient (Wildman–Crippen LogP) is 3.02. The van der Waals surface area contributed by atoms with Crippen molar-refractivity contribution in [3.8, 4) is 11.5 Å². The van der Waals surface area contributed by atoms with E-state index in [1.807, 2.05) is 0 Å². The molecule has 0 bridgehead atoms. The second kappa shape index (κ2) is 10.3. The summed E-state index contributed by atoms with van der Waals surface area (Å²) < 4.78 is 35.6. The Morgan fingerprint density at radius 1 is 1.00 bits per heavy atom. The zero-order valence-corrected chi connectivity index (χ0v) is 19.1. The molecule has 0 aromatic heterocycles. The minimum atomic E-state index is -3.30. The molecule has 1 saturated carbocycles. The Labute approximate surface area is 184 Å². The Morgan fingerprint density at radius 3 is 2.23 bits per heavy atom. The Bertz CT molecular complexity index is 903. The van der Waals surface area contributed by atoms with E-state index in [-0.39, 0.29) is 23.3 Å². The molecular formula is C22H32N2O6S. The smallest absolute Gasteiger partial charge is 0.256 e. The number of carbonyl (C=O) groups is 2. The molecule has 0 unspecified atom stereocenters. The zero-order valence-electron chi connectivity index (χ0n) is 18.3.